The summed E-state index contributed by atoms with van der Waals surface area (Å²) in [6.07, 6.45) is 0. The van der Waals surface area contributed by atoms with Crippen LogP contribution >= 0.6 is 0 Å². The third-order valence-corrected chi connectivity index (χ3v) is 5.38. The molecule has 0 bridgehead atoms. The number of fused-ring (bicyclic) bond motifs is 3. The van der Waals surface area contributed by atoms with Gasteiger partial charge in [0.25, 0.3) is 0 Å². The number of nitrogens with zero attached hydrogens (tertiary/aromatic N) is 1. The molecule has 2 N–H and O–H groups in total. The lowest BCUT2D eigenvalue weighted by Crippen LogP contribution is -2.04. The number of carbonyl (C=O) groups is 1. The first-order chi connectivity index (χ1) is 13.0. The van der Waals surface area contributed by atoms with Crippen molar-refractivity contribution in [1.82, 2.24) is 4.57 Å². The van der Waals surface area contributed by atoms with Crippen LogP contribution in [0.4, 0.5) is 0 Å². The third-order valence-electron chi connectivity index (χ3n) is 5.38. The lowest BCUT2D eigenvalue weighted by molar-refractivity contribution is 0.103. The summed E-state index contributed by atoms with van der Waals surface area (Å²) in [5.74, 6) is 0.0655. The van der Waals surface area contributed by atoms with Crippen molar-refractivity contribution < 1.29 is 4.79 Å². The summed E-state index contributed by atoms with van der Waals surface area (Å²) < 4.78 is 2.29. The zero-order valence-corrected chi connectivity index (χ0v) is 16.0. The summed E-state index contributed by atoms with van der Waals surface area (Å²) in [6, 6.07) is 20.2. The first-order valence-electron chi connectivity index (χ1n) is 9.43. The zero-order chi connectivity index (χ0) is 19.1. The highest BCUT2D eigenvalue weighted by atomic mass is 16.1. The van der Waals surface area contributed by atoms with Gasteiger partial charge in [0.05, 0.1) is 0 Å². The van der Waals surface area contributed by atoms with Crippen molar-refractivity contribution in [2.75, 3.05) is 0 Å². The van der Waals surface area contributed by atoms with E-state index in [1.54, 1.807) is 0 Å². The Kier molecular flexibility index (Phi) is 4.33. The number of carbonyl (C=O) groups excluding carboxylic acids is 1. The molecule has 1 aromatic heterocycles. The molecule has 4 rings (SSSR count). The molecule has 1 heterocycles. The third kappa shape index (κ3) is 2.84. The van der Waals surface area contributed by atoms with Gasteiger partial charge in [-0.05, 0) is 62.2 Å². The molecule has 0 spiro atoms. The van der Waals surface area contributed by atoms with E-state index in [9.17, 15) is 4.79 Å². The van der Waals surface area contributed by atoms with Crippen LogP contribution in [0, 0.1) is 6.92 Å². The Morgan fingerprint density at radius 2 is 1.67 bits per heavy atom. The van der Waals surface area contributed by atoms with Crippen LogP contribution in [0.2, 0.25) is 0 Å². The molecule has 136 valence electrons. The normalized spacial score (nSPS) is 12.6. The van der Waals surface area contributed by atoms with E-state index in [-0.39, 0.29) is 11.8 Å². The molecule has 0 aliphatic carbocycles. The number of ketones is 1. The standard InChI is InChI=1S/C24H24N2O/c1-4-26-22-11-9-17(16(3)25)13-20(22)21-14-18(10-12-23(21)26)24(27)19-8-6-5-7-15(19)2/h5-14,16H,4,25H2,1-3H3. The van der Waals surface area contributed by atoms with Crippen molar-refractivity contribution in [3.63, 3.8) is 0 Å². The molecule has 4 aromatic rings. The van der Waals surface area contributed by atoms with E-state index in [1.165, 1.54) is 5.52 Å². The van der Waals surface area contributed by atoms with Gasteiger partial charge in [0, 0.05) is 45.5 Å². The van der Waals surface area contributed by atoms with Crippen molar-refractivity contribution in [2.24, 2.45) is 5.73 Å². The van der Waals surface area contributed by atoms with E-state index in [0.29, 0.717) is 0 Å². The Labute approximate surface area is 159 Å². The summed E-state index contributed by atoms with van der Waals surface area (Å²) in [5.41, 5.74) is 12.0. The van der Waals surface area contributed by atoms with Crippen LogP contribution in [0.1, 0.15) is 46.9 Å². The fraction of sp³-hybridized carbons (Fsp3) is 0.208. The molecule has 0 amide bonds. The van der Waals surface area contributed by atoms with Gasteiger partial charge >= 0.3 is 0 Å². The first-order valence-corrected chi connectivity index (χ1v) is 9.43. The molecule has 3 aromatic carbocycles. The number of aryl methyl sites for hydroxylation is 2. The quantitative estimate of drug-likeness (QED) is 0.500. The van der Waals surface area contributed by atoms with E-state index in [1.807, 2.05) is 50.2 Å². The smallest absolute Gasteiger partial charge is 0.193 e. The fourth-order valence-corrected chi connectivity index (χ4v) is 3.87. The molecule has 0 saturated heterocycles. The Balaban J connectivity index is 1.95. The minimum atomic E-state index is -0.0220. The number of aromatic nitrogens is 1. The van der Waals surface area contributed by atoms with E-state index < -0.39 is 0 Å². The average Bonchev–Trinajstić information content (AvgIpc) is 3.00. The predicted octanol–water partition coefficient (Wildman–Crippen LogP) is 5.37. The Bertz CT molecular complexity index is 1170. The van der Waals surface area contributed by atoms with Gasteiger partial charge in [-0.25, -0.2) is 0 Å². The second-order valence-corrected chi connectivity index (χ2v) is 7.19. The Hall–Kier alpha value is -2.91. The van der Waals surface area contributed by atoms with Crippen molar-refractivity contribution in [3.05, 3.63) is 82.9 Å². The molecule has 0 saturated carbocycles. The summed E-state index contributed by atoms with van der Waals surface area (Å²) >= 11 is 0. The van der Waals surface area contributed by atoms with Crippen LogP contribution in [0.25, 0.3) is 21.8 Å². The number of hydrogen-bond acceptors (Lipinski definition) is 2. The monoisotopic (exact) mass is 356 g/mol. The number of rotatable bonds is 4. The molecule has 1 unspecified atom stereocenters. The summed E-state index contributed by atoms with van der Waals surface area (Å²) in [4.78, 5) is 13.1. The van der Waals surface area contributed by atoms with Gasteiger partial charge in [0.15, 0.2) is 5.78 Å². The topological polar surface area (TPSA) is 48.0 Å². The lowest BCUT2D eigenvalue weighted by Gasteiger charge is -2.06. The molecule has 0 aliphatic rings. The zero-order valence-electron chi connectivity index (χ0n) is 16.0. The minimum Gasteiger partial charge on any atom is -0.341 e. The predicted molar refractivity (Wildman–Crippen MR) is 112 cm³/mol. The highest BCUT2D eigenvalue weighted by Gasteiger charge is 2.16. The van der Waals surface area contributed by atoms with Crippen LogP contribution < -0.4 is 5.73 Å². The number of nitrogens with two attached hydrogens (primary N) is 1. The van der Waals surface area contributed by atoms with E-state index >= 15 is 0 Å². The maximum absolute atomic E-state index is 13.1. The van der Waals surface area contributed by atoms with Crippen LogP contribution in [0.15, 0.2) is 60.7 Å². The average molecular weight is 356 g/mol. The summed E-state index contributed by atoms with van der Waals surface area (Å²) in [6.45, 7) is 6.99. The van der Waals surface area contributed by atoms with Crippen LogP contribution in [-0.4, -0.2) is 10.4 Å². The van der Waals surface area contributed by atoms with E-state index in [0.717, 1.165) is 45.1 Å². The summed E-state index contributed by atoms with van der Waals surface area (Å²) in [7, 11) is 0. The van der Waals surface area contributed by atoms with Crippen LogP contribution in [-0.2, 0) is 6.54 Å². The van der Waals surface area contributed by atoms with Gasteiger partial charge in [-0.2, -0.15) is 0 Å². The van der Waals surface area contributed by atoms with Crippen molar-refractivity contribution >= 4 is 27.6 Å². The van der Waals surface area contributed by atoms with Crippen molar-refractivity contribution in [2.45, 2.75) is 33.4 Å². The maximum atomic E-state index is 13.1. The van der Waals surface area contributed by atoms with Gasteiger partial charge < -0.3 is 10.3 Å². The molecule has 3 heteroatoms. The summed E-state index contributed by atoms with van der Waals surface area (Å²) in [5, 5.41) is 2.26. The van der Waals surface area contributed by atoms with Crippen molar-refractivity contribution in [1.29, 1.82) is 0 Å². The molecule has 3 nitrogen and oxygen atoms in total. The van der Waals surface area contributed by atoms with Crippen LogP contribution in [0.3, 0.4) is 0 Å². The molecule has 0 aliphatic heterocycles. The highest BCUT2D eigenvalue weighted by Crippen LogP contribution is 2.32. The SMILES string of the molecule is CCn1c2ccc(C(=O)c3ccccc3C)cc2c2cc(C(C)N)ccc21. The van der Waals surface area contributed by atoms with Gasteiger partial charge in [-0.3, -0.25) is 4.79 Å². The molecule has 1 atom stereocenters. The van der Waals surface area contributed by atoms with Gasteiger partial charge in [0.1, 0.15) is 0 Å². The Morgan fingerprint density at radius 1 is 1.00 bits per heavy atom. The number of benzene rings is 3. The molecule has 27 heavy (non-hydrogen) atoms. The lowest BCUT2D eigenvalue weighted by atomic mass is 9.97. The number of hydrogen-bond donors (Lipinski definition) is 1. The molecule has 0 fully saturated rings. The van der Waals surface area contributed by atoms with Crippen LogP contribution in [0.5, 0.6) is 0 Å². The van der Waals surface area contributed by atoms with Gasteiger partial charge in [-0.15, -0.1) is 0 Å². The molecule has 0 radical (unpaired) electrons. The highest BCUT2D eigenvalue weighted by molar-refractivity contribution is 6.15. The van der Waals surface area contributed by atoms with E-state index in [2.05, 4.69) is 35.8 Å². The van der Waals surface area contributed by atoms with Crippen molar-refractivity contribution in [3.8, 4) is 0 Å². The molecular formula is C24H24N2O. The second kappa shape index (κ2) is 6.67. The maximum Gasteiger partial charge on any atom is 0.193 e. The second-order valence-electron chi connectivity index (χ2n) is 7.19. The Morgan fingerprint density at radius 3 is 2.33 bits per heavy atom. The van der Waals surface area contributed by atoms with Gasteiger partial charge in [0.2, 0.25) is 0 Å². The largest absolute Gasteiger partial charge is 0.341 e. The first kappa shape index (κ1) is 17.5. The van der Waals surface area contributed by atoms with Gasteiger partial charge in [-0.1, -0.05) is 30.3 Å². The molecular weight excluding hydrogens is 332 g/mol. The minimum absolute atomic E-state index is 0.0220. The van der Waals surface area contributed by atoms with E-state index in [4.69, 9.17) is 5.73 Å². The fourth-order valence-electron chi connectivity index (χ4n) is 3.87.